The Bertz CT molecular complexity index is 2210. The molecule has 1 amide bonds. The number of rotatable bonds is 6. The van der Waals surface area contributed by atoms with Crippen molar-refractivity contribution in [3.63, 3.8) is 0 Å². The van der Waals surface area contributed by atoms with E-state index in [-0.39, 0.29) is 22.6 Å². The average Bonchev–Trinajstić information content (AvgIpc) is 3.60. The first-order valence-electron chi connectivity index (χ1n) is 13.4. The number of carbonyl (C=O) groups is 1. The minimum absolute atomic E-state index is 0.170. The number of hydrogen-bond acceptors (Lipinski definition) is 5. The summed E-state index contributed by atoms with van der Waals surface area (Å²) in [7, 11) is -0.936. The number of aromatic nitrogens is 2. The molecule has 6 aromatic rings. The molecule has 0 saturated carbocycles. The molecule has 0 atom stereocenters. The Morgan fingerprint density at radius 3 is 2.18 bits per heavy atom. The Morgan fingerprint density at radius 2 is 1.56 bits per heavy atom. The Labute approximate surface area is 254 Å². The van der Waals surface area contributed by atoms with E-state index in [1.165, 1.54) is 56.6 Å². The third-order valence-corrected chi connectivity index (χ3v) is 8.75. The summed E-state index contributed by atoms with van der Waals surface area (Å²) >= 11 is 0. The second-order valence-corrected chi connectivity index (χ2v) is 12.4. The Balaban J connectivity index is 1.59. The van der Waals surface area contributed by atoms with Crippen molar-refractivity contribution in [1.82, 2.24) is 15.5 Å². The monoisotopic (exact) mass is 636 g/mol. The zero-order valence-corrected chi connectivity index (χ0v) is 24.8. The van der Waals surface area contributed by atoms with E-state index < -0.39 is 33.5 Å². The van der Waals surface area contributed by atoms with Crippen molar-refractivity contribution >= 4 is 43.5 Å². The van der Waals surface area contributed by atoms with Gasteiger partial charge in [0.05, 0.1) is 34.3 Å². The number of nitrogens with one attached hydrogen (secondary N) is 2. The first kappa shape index (κ1) is 29.9. The molecule has 45 heavy (non-hydrogen) atoms. The second kappa shape index (κ2) is 10.8. The fraction of sp³-hybridized carbons (Fsp3) is 0.125. The molecule has 0 aliphatic rings. The lowest BCUT2D eigenvalue weighted by atomic mass is 9.96. The minimum Gasteiger partial charge on any atom is -0.455 e. The standard InChI is InChI=1S/C32H24F4N4O4S/c1-37-31(41)28-24-15-22(26(40(2)45(3,42)43)16-27(24)44-30(28)18-6-11-21(33)12-7-18)19-8-13-25-23(14-19)29(39-38-25)17-4-9-20(10-5-17)32(34,35)36/h4-16H,1-3H3,(H,37,41)(H,38,39). The normalized spacial score (nSPS) is 12.2. The summed E-state index contributed by atoms with van der Waals surface area (Å²) in [6.45, 7) is 0. The lowest BCUT2D eigenvalue weighted by Gasteiger charge is -2.21. The van der Waals surface area contributed by atoms with Crippen molar-refractivity contribution in [1.29, 1.82) is 0 Å². The van der Waals surface area contributed by atoms with Gasteiger partial charge in [-0.3, -0.25) is 14.2 Å². The summed E-state index contributed by atoms with van der Waals surface area (Å²) in [5.41, 5.74) is 2.68. The molecular weight excluding hydrogens is 612 g/mol. The number of H-pyrrole nitrogens is 1. The minimum atomic E-state index is -4.49. The van der Waals surface area contributed by atoms with Gasteiger partial charge in [-0.1, -0.05) is 18.2 Å². The number of carbonyl (C=O) groups excluding carboxylic acids is 1. The zero-order valence-electron chi connectivity index (χ0n) is 24.0. The molecule has 0 bridgehead atoms. The van der Waals surface area contributed by atoms with E-state index >= 15 is 0 Å². The van der Waals surface area contributed by atoms with E-state index in [9.17, 15) is 30.8 Å². The number of alkyl halides is 3. The van der Waals surface area contributed by atoms with Crippen molar-refractivity contribution < 1.29 is 35.2 Å². The smallest absolute Gasteiger partial charge is 0.416 e. The van der Waals surface area contributed by atoms with Crippen molar-refractivity contribution in [2.45, 2.75) is 6.18 Å². The van der Waals surface area contributed by atoms with Crippen LogP contribution in [0.1, 0.15) is 15.9 Å². The maximum Gasteiger partial charge on any atom is 0.416 e. The molecule has 0 fully saturated rings. The first-order chi connectivity index (χ1) is 21.3. The maximum atomic E-state index is 13.7. The van der Waals surface area contributed by atoms with Crippen molar-refractivity contribution in [2.24, 2.45) is 0 Å². The molecule has 6 rings (SSSR count). The van der Waals surface area contributed by atoms with Crippen LogP contribution in [0.25, 0.3) is 55.6 Å². The number of fused-ring (bicyclic) bond motifs is 2. The van der Waals surface area contributed by atoms with Crippen LogP contribution < -0.4 is 9.62 Å². The van der Waals surface area contributed by atoms with Gasteiger partial charge in [0.2, 0.25) is 10.0 Å². The average molecular weight is 637 g/mol. The van der Waals surface area contributed by atoms with E-state index in [0.29, 0.717) is 44.2 Å². The third-order valence-electron chi connectivity index (χ3n) is 7.56. The topological polar surface area (TPSA) is 108 Å². The molecule has 0 radical (unpaired) electrons. The number of furan rings is 1. The van der Waals surface area contributed by atoms with Crippen LogP contribution in [0.4, 0.5) is 23.2 Å². The number of aromatic amines is 1. The lowest BCUT2D eigenvalue weighted by Crippen LogP contribution is -2.25. The summed E-state index contributed by atoms with van der Waals surface area (Å²) in [4.78, 5) is 13.2. The molecule has 2 aromatic heterocycles. The second-order valence-electron chi connectivity index (χ2n) is 10.4. The van der Waals surface area contributed by atoms with Crippen LogP contribution >= 0.6 is 0 Å². The SMILES string of the molecule is CNC(=O)c1c(-c2ccc(F)cc2)oc2cc(N(C)S(C)(=O)=O)c(-c3ccc4[nH]nc(-c5ccc(C(F)(F)F)cc5)c4c3)cc12. The van der Waals surface area contributed by atoms with Crippen LogP contribution in [0.15, 0.2) is 83.3 Å². The van der Waals surface area contributed by atoms with Gasteiger partial charge in [-0.15, -0.1) is 0 Å². The van der Waals surface area contributed by atoms with Gasteiger partial charge in [0, 0.05) is 47.6 Å². The summed E-state index contributed by atoms with van der Waals surface area (Å²) in [6.07, 6.45) is -3.44. The molecule has 2 heterocycles. The van der Waals surface area contributed by atoms with Gasteiger partial charge in [-0.2, -0.15) is 18.3 Å². The highest BCUT2D eigenvalue weighted by molar-refractivity contribution is 7.92. The van der Waals surface area contributed by atoms with E-state index in [1.807, 2.05) is 0 Å². The van der Waals surface area contributed by atoms with Crippen LogP contribution in [0.3, 0.4) is 0 Å². The molecule has 13 heteroatoms. The van der Waals surface area contributed by atoms with Crippen LogP contribution in [0.2, 0.25) is 0 Å². The van der Waals surface area contributed by atoms with E-state index in [2.05, 4.69) is 15.5 Å². The quantitative estimate of drug-likeness (QED) is 0.188. The van der Waals surface area contributed by atoms with Crippen molar-refractivity contribution in [3.8, 4) is 33.7 Å². The number of nitrogens with zero attached hydrogens (tertiary/aromatic N) is 2. The molecule has 2 N–H and O–H groups in total. The van der Waals surface area contributed by atoms with E-state index in [4.69, 9.17) is 4.42 Å². The fourth-order valence-corrected chi connectivity index (χ4v) is 5.68. The summed E-state index contributed by atoms with van der Waals surface area (Å²) in [5.74, 6) is -0.775. The van der Waals surface area contributed by atoms with Gasteiger partial charge >= 0.3 is 6.18 Å². The largest absolute Gasteiger partial charge is 0.455 e. The number of anilines is 1. The predicted molar refractivity (Wildman–Crippen MR) is 164 cm³/mol. The molecule has 0 aliphatic carbocycles. The molecule has 0 unspecified atom stereocenters. The summed E-state index contributed by atoms with van der Waals surface area (Å²) < 4.78 is 85.8. The van der Waals surface area contributed by atoms with E-state index in [0.717, 1.165) is 22.7 Å². The predicted octanol–water partition coefficient (Wildman–Crippen LogP) is 7.22. The number of hydrogen-bond donors (Lipinski definition) is 2. The van der Waals surface area contributed by atoms with Gasteiger partial charge < -0.3 is 9.73 Å². The lowest BCUT2D eigenvalue weighted by molar-refractivity contribution is -0.137. The van der Waals surface area contributed by atoms with E-state index in [1.54, 1.807) is 24.3 Å². The molecule has 8 nitrogen and oxygen atoms in total. The number of sulfonamides is 1. The van der Waals surface area contributed by atoms with Gasteiger partial charge in [-0.05, 0) is 60.2 Å². The molecule has 0 aliphatic heterocycles. The first-order valence-corrected chi connectivity index (χ1v) is 15.3. The Morgan fingerprint density at radius 1 is 0.911 bits per heavy atom. The number of benzene rings is 4. The highest BCUT2D eigenvalue weighted by atomic mass is 32.2. The third kappa shape index (κ3) is 5.39. The Hall–Kier alpha value is -5.17. The maximum absolute atomic E-state index is 13.7. The van der Waals surface area contributed by atoms with Gasteiger partial charge in [-0.25, -0.2) is 12.8 Å². The van der Waals surface area contributed by atoms with Gasteiger partial charge in [0.25, 0.3) is 5.91 Å². The highest BCUT2D eigenvalue weighted by Gasteiger charge is 2.30. The fourth-order valence-electron chi connectivity index (χ4n) is 5.18. The number of amides is 1. The molecule has 230 valence electrons. The summed E-state index contributed by atoms with van der Waals surface area (Å²) in [5, 5.41) is 10.8. The summed E-state index contributed by atoms with van der Waals surface area (Å²) in [6, 6.07) is 18.4. The molecular formula is C32H24F4N4O4S. The van der Waals surface area contributed by atoms with Gasteiger partial charge in [0.1, 0.15) is 17.2 Å². The van der Waals surface area contributed by atoms with Crippen LogP contribution in [0, 0.1) is 5.82 Å². The zero-order chi connectivity index (χ0) is 32.3. The highest BCUT2D eigenvalue weighted by Crippen LogP contribution is 2.42. The van der Waals surface area contributed by atoms with Crippen molar-refractivity contribution in [3.05, 3.63) is 95.8 Å². The molecule has 4 aromatic carbocycles. The van der Waals surface area contributed by atoms with Crippen LogP contribution in [-0.4, -0.2) is 44.9 Å². The Kier molecular flexibility index (Phi) is 7.15. The van der Waals surface area contributed by atoms with Crippen LogP contribution in [-0.2, 0) is 16.2 Å². The van der Waals surface area contributed by atoms with Crippen molar-refractivity contribution in [2.75, 3.05) is 24.7 Å². The molecule has 0 saturated heterocycles. The number of halogens is 4. The van der Waals surface area contributed by atoms with Crippen LogP contribution in [0.5, 0.6) is 0 Å². The van der Waals surface area contributed by atoms with Gasteiger partial charge in [0.15, 0.2) is 0 Å². The molecule has 0 spiro atoms.